The molecular weight excluding hydrogens is 230 g/mol. The quantitative estimate of drug-likeness (QED) is 0.796. The Morgan fingerprint density at radius 1 is 1.00 bits per heavy atom. The highest BCUT2D eigenvalue weighted by Crippen LogP contribution is 2.29. The van der Waals surface area contributed by atoms with Crippen LogP contribution in [0.25, 0.3) is 0 Å². The van der Waals surface area contributed by atoms with E-state index in [1.165, 1.54) is 23.1 Å². The zero-order valence-corrected chi connectivity index (χ0v) is 9.87. The van der Waals surface area contributed by atoms with Crippen molar-refractivity contribution in [2.45, 2.75) is 0 Å². The van der Waals surface area contributed by atoms with E-state index in [4.69, 9.17) is 0 Å². The number of amides is 1. The topological polar surface area (TPSA) is 60.8 Å². The summed E-state index contributed by atoms with van der Waals surface area (Å²) in [5.41, 5.74) is 0.784. The first kappa shape index (κ1) is 12.0. The predicted octanol–water partition coefficient (Wildman–Crippen LogP) is 2.37. The molecule has 0 aliphatic heterocycles. The number of carbonyl (C=O) groups excluding carboxylic acids is 1. The van der Waals surface area contributed by atoms with Gasteiger partial charge in [0.1, 0.15) is 0 Å². The summed E-state index contributed by atoms with van der Waals surface area (Å²) < 4.78 is 0. The summed E-state index contributed by atoms with van der Waals surface area (Å²) in [6.45, 7) is 0. The minimum absolute atomic E-state index is 0.0707. The van der Waals surface area contributed by atoms with Crippen LogP contribution >= 0.6 is 0 Å². The van der Waals surface area contributed by atoms with Gasteiger partial charge in [-0.1, -0.05) is 24.3 Å². The number of rotatable bonds is 2. The number of nitrogens with zero attached hydrogens (tertiary/aromatic N) is 1. The fourth-order valence-electron chi connectivity index (χ4n) is 1.65. The van der Waals surface area contributed by atoms with Crippen molar-refractivity contribution in [3.63, 3.8) is 0 Å². The molecule has 0 aliphatic carbocycles. The normalized spacial score (nSPS) is 10.1. The molecule has 4 nitrogen and oxygen atoms in total. The van der Waals surface area contributed by atoms with Gasteiger partial charge in [0.2, 0.25) is 0 Å². The first-order valence-electron chi connectivity index (χ1n) is 5.45. The summed E-state index contributed by atoms with van der Waals surface area (Å²) in [5.74, 6) is -1.08. The Hall–Kier alpha value is -2.49. The van der Waals surface area contributed by atoms with Crippen LogP contribution in [0.3, 0.4) is 0 Å². The molecule has 4 heteroatoms. The Morgan fingerprint density at radius 3 is 2.33 bits per heavy atom. The number of aromatic hydroxyl groups is 2. The van der Waals surface area contributed by atoms with E-state index in [0.717, 1.165) is 0 Å². The van der Waals surface area contributed by atoms with Crippen molar-refractivity contribution in [2.75, 3.05) is 11.9 Å². The van der Waals surface area contributed by atoms with Gasteiger partial charge in [0.25, 0.3) is 5.91 Å². The van der Waals surface area contributed by atoms with Gasteiger partial charge in [0.15, 0.2) is 11.5 Å². The fraction of sp³-hybridized carbons (Fsp3) is 0.0714. The molecule has 92 valence electrons. The van der Waals surface area contributed by atoms with Crippen LogP contribution < -0.4 is 4.90 Å². The lowest BCUT2D eigenvalue weighted by Gasteiger charge is -2.18. The Kier molecular flexibility index (Phi) is 3.19. The van der Waals surface area contributed by atoms with E-state index in [1.54, 1.807) is 19.2 Å². The Morgan fingerprint density at radius 2 is 1.67 bits per heavy atom. The van der Waals surface area contributed by atoms with Gasteiger partial charge < -0.3 is 15.1 Å². The van der Waals surface area contributed by atoms with Gasteiger partial charge in [-0.25, -0.2) is 0 Å². The number of hydrogen-bond donors (Lipinski definition) is 2. The summed E-state index contributed by atoms with van der Waals surface area (Å²) >= 11 is 0. The van der Waals surface area contributed by atoms with Crippen molar-refractivity contribution in [3.8, 4) is 11.5 Å². The Balaban J connectivity index is 2.35. The average molecular weight is 243 g/mol. The van der Waals surface area contributed by atoms with Gasteiger partial charge >= 0.3 is 0 Å². The van der Waals surface area contributed by atoms with Crippen LogP contribution in [0.4, 0.5) is 5.69 Å². The van der Waals surface area contributed by atoms with Gasteiger partial charge in [-0.3, -0.25) is 4.79 Å². The van der Waals surface area contributed by atoms with Gasteiger partial charge in [0, 0.05) is 12.7 Å². The van der Waals surface area contributed by atoms with E-state index in [-0.39, 0.29) is 17.2 Å². The van der Waals surface area contributed by atoms with Gasteiger partial charge in [-0.15, -0.1) is 0 Å². The van der Waals surface area contributed by atoms with Crippen molar-refractivity contribution in [1.29, 1.82) is 0 Å². The van der Waals surface area contributed by atoms with Crippen LogP contribution in [0.15, 0.2) is 48.5 Å². The highest BCUT2D eigenvalue weighted by molar-refractivity contribution is 6.07. The average Bonchev–Trinajstić information content (AvgIpc) is 2.41. The molecule has 0 spiro atoms. The van der Waals surface area contributed by atoms with E-state index in [0.29, 0.717) is 5.69 Å². The fourth-order valence-corrected chi connectivity index (χ4v) is 1.65. The molecule has 0 unspecified atom stereocenters. The molecule has 0 fully saturated rings. The van der Waals surface area contributed by atoms with E-state index in [1.807, 2.05) is 18.2 Å². The summed E-state index contributed by atoms with van der Waals surface area (Å²) in [6, 6.07) is 13.4. The molecule has 0 aromatic heterocycles. The number of hydrogen-bond acceptors (Lipinski definition) is 3. The van der Waals surface area contributed by atoms with Gasteiger partial charge in [-0.05, 0) is 24.3 Å². The van der Waals surface area contributed by atoms with E-state index in [9.17, 15) is 15.0 Å². The van der Waals surface area contributed by atoms with Gasteiger partial charge in [0.05, 0.1) is 5.56 Å². The molecule has 0 aliphatic rings. The first-order valence-corrected chi connectivity index (χ1v) is 5.45. The predicted molar refractivity (Wildman–Crippen MR) is 68.9 cm³/mol. The summed E-state index contributed by atoms with van der Waals surface area (Å²) in [7, 11) is 1.61. The first-order chi connectivity index (χ1) is 8.61. The molecule has 2 aromatic carbocycles. The lowest BCUT2D eigenvalue weighted by atomic mass is 10.1. The maximum atomic E-state index is 12.2. The van der Waals surface area contributed by atoms with Crippen molar-refractivity contribution < 1.29 is 15.0 Å². The molecule has 1 amide bonds. The maximum Gasteiger partial charge on any atom is 0.261 e. The zero-order chi connectivity index (χ0) is 13.1. The second kappa shape index (κ2) is 4.79. The van der Waals surface area contributed by atoms with Gasteiger partial charge in [-0.2, -0.15) is 0 Å². The standard InChI is InChI=1S/C14H13NO3/c1-15(10-6-3-2-4-7-10)14(18)11-8-5-9-12(16)13(11)17/h2-9,16-17H,1H3. The largest absolute Gasteiger partial charge is 0.504 e. The summed E-state index contributed by atoms with van der Waals surface area (Å²) in [5, 5.41) is 19.0. The molecule has 18 heavy (non-hydrogen) atoms. The molecule has 0 heterocycles. The van der Waals surface area contributed by atoms with Crippen molar-refractivity contribution in [1.82, 2.24) is 0 Å². The molecule has 0 radical (unpaired) electrons. The monoisotopic (exact) mass is 243 g/mol. The second-order valence-corrected chi connectivity index (χ2v) is 3.87. The van der Waals surface area contributed by atoms with E-state index < -0.39 is 5.75 Å². The lowest BCUT2D eigenvalue weighted by Crippen LogP contribution is -2.26. The third kappa shape index (κ3) is 2.13. The number of benzene rings is 2. The summed E-state index contributed by atoms with van der Waals surface area (Å²) in [6.07, 6.45) is 0. The van der Waals surface area contributed by atoms with Crippen LogP contribution in [0.1, 0.15) is 10.4 Å². The molecule has 0 saturated carbocycles. The SMILES string of the molecule is CN(C(=O)c1cccc(O)c1O)c1ccccc1. The number of phenols is 2. The third-order valence-electron chi connectivity index (χ3n) is 2.69. The molecule has 0 bridgehead atoms. The zero-order valence-electron chi connectivity index (χ0n) is 9.87. The Labute approximate surface area is 105 Å². The van der Waals surface area contributed by atoms with Crippen molar-refractivity contribution in [2.24, 2.45) is 0 Å². The molecule has 2 aromatic rings. The molecule has 0 saturated heterocycles. The lowest BCUT2D eigenvalue weighted by molar-refractivity contribution is 0.0990. The third-order valence-corrected chi connectivity index (χ3v) is 2.69. The highest BCUT2D eigenvalue weighted by atomic mass is 16.3. The molecule has 2 rings (SSSR count). The van der Waals surface area contributed by atoms with Crippen molar-refractivity contribution >= 4 is 11.6 Å². The van der Waals surface area contributed by atoms with Crippen LogP contribution in [0.5, 0.6) is 11.5 Å². The van der Waals surface area contributed by atoms with Crippen LogP contribution in [0, 0.1) is 0 Å². The molecular formula is C14H13NO3. The second-order valence-electron chi connectivity index (χ2n) is 3.87. The van der Waals surface area contributed by atoms with E-state index >= 15 is 0 Å². The maximum absolute atomic E-state index is 12.2. The number of phenolic OH excluding ortho intramolecular Hbond substituents is 2. The summed E-state index contributed by atoms with van der Waals surface area (Å²) in [4.78, 5) is 13.6. The van der Waals surface area contributed by atoms with Crippen LogP contribution in [-0.4, -0.2) is 23.2 Å². The molecule has 2 N–H and O–H groups in total. The van der Waals surface area contributed by atoms with Crippen LogP contribution in [0.2, 0.25) is 0 Å². The Bertz CT molecular complexity index is 567. The minimum Gasteiger partial charge on any atom is -0.504 e. The number of para-hydroxylation sites is 2. The smallest absolute Gasteiger partial charge is 0.261 e. The van der Waals surface area contributed by atoms with Crippen molar-refractivity contribution in [3.05, 3.63) is 54.1 Å². The molecule has 0 atom stereocenters. The van der Waals surface area contributed by atoms with E-state index in [2.05, 4.69) is 0 Å². The minimum atomic E-state index is -0.398. The number of carbonyl (C=O) groups is 1. The number of anilines is 1. The highest BCUT2D eigenvalue weighted by Gasteiger charge is 2.18. The van der Waals surface area contributed by atoms with Crippen LogP contribution in [-0.2, 0) is 0 Å².